The van der Waals surface area contributed by atoms with Crippen LogP contribution in [0.15, 0.2) is 0 Å². The van der Waals surface area contributed by atoms with Gasteiger partial charge >= 0.3 is 23.9 Å². The molecule has 0 saturated heterocycles. The molecule has 0 aliphatic heterocycles. The number of halogens is 16. The molecule has 0 N–H and O–H groups in total. The first-order chi connectivity index (χ1) is 11.7. The van der Waals surface area contributed by atoms with Gasteiger partial charge in [0, 0.05) is 0 Å². The van der Waals surface area contributed by atoms with Crippen molar-refractivity contribution in [1.29, 1.82) is 0 Å². The molecule has 1 aromatic carbocycles. The molecule has 0 saturated carbocycles. The van der Waals surface area contributed by atoms with E-state index in [1.807, 2.05) is 0 Å². The highest BCUT2D eigenvalue weighted by molar-refractivity contribution is 9.09. The number of alkyl halides is 11. The summed E-state index contributed by atoms with van der Waals surface area (Å²) < 4.78 is 188. The lowest BCUT2D eigenvalue weighted by Crippen LogP contribution is -2.65. The van der Waals surface area contributed by atoms with Crippen molar-refractivity contribution in [3.63, 3.8) is 0 Å². The second-order valence-corrected chi connectivity index (χ2v) is 5.83. The third-order valence-electron chi connectivity index (χ3n) is 3.06. The van der Waals surface area contributed by atoms with E-state index in [1.54, 1.807) is 0 Å². The van der Waals surface area contributed by atoms with Gasteiger partial charge in [-0.1, -0.05) is 0 Å². The van der Waals surface area contributed by atoms with Crippen LogP contribution in [0.1, 0.15) is 5.56 Å². The van der Waals surface area contributed by atoms with Crippen molar-refractivity contribution < 1.29 is 65.9 Å². The van der Waals surface area contributed by atoms with Gasteiger partial charge in [0.15, 0.2) is 23.3 Å². The number of hydrogen-bond donors (Lipinski definition) is 0. The normalized spacial score (nSPS) is 16.4. The lowest BCUT2D eigenvalue weighted by molar-refractivity contribution is -0.406. The fourth-order valence-electron chi connectivity index (χ4n) is 1.61. The Labute approximate surface area is 146 Å². The highest BCUT2D eigenvalue weighted by atomic mass is 79.9. The first-order valence-corrected chi connectivity index (χ1v) is 6.57. The van der Waals surface area contributed by atoms with Crippen molar-refractivity contribution >= 4 is 15.9 Å². The summed E-state index contributed by atoms with van der Waals surface area (Å²) in [5, 5.41) is 0. The molecule has 0 spiro atoms. The summed E-state index contributed by atoms with van der Waals surface area (Å²) in [5.41, 5.74) is -3.44. The molecule has 0 amide bonds. The molecule has 0 aliphatic carbocycles. The van der Waals surface area contributed by atoms with Gasteiger partial charge in [0.1, 0.15) is 0 Å². The predicted octanol–water partition coefficient (Wildman–Crippen LogP) is 6.37. The highest BCUT2D eigenvalue weighted by Crippen LogP contribution is 2.61. The van der Waals surface area contributed by atoms with Gasteiger partial charge in [-0.15, -0.1) is 0 Å². The molecule has 0 nitrogen and oxygen atoms in total. The van der Waals surface area contributed by atoms with Gasteiger partial charge in [-0.05, 0) is 15.9 Å². The SMILES string of the molecule is Fc1c(F)c(F)c(C(F)(Br)C(F)(F)C(F)(F)C(F)(F)C(F)(F)F)c(F)c1F. The largest absolute Gasteiger partial charge is 0.460 e. The quantitative estimate of drug-likeness (QED) is 0.197. The second kappa shape index (κ2) is 6.34. The molecular formula is C11BrF15. The standard InChI is InChI=1S/C11BrF15/c12-7(18,1-2(13)4(15)6(17)5(16)3(1)14)8(19,20)9(21,22)10(23,24)11(25,26)27. The van der Waals surface area contributed by atoms with Crippen molar-refractivity contribution in [2.45, 2.75) is 28.5 Å². The third kappa shape index (κ3) is 3.03. The van der Waals surface area contributed by atoms with Crippen molar-refractivity contribution in [2.75, 3.05) is 0 Å². The minimum absolute atomic E-state index is 0.768. The van der Waals surface area contributed by atoms with E-state index >= 15 is 0 Å². The Bertz CT molecular complexity index is 718. The summed E-state index contributed by atoms with van der Waals surface area (Å²) in [6.45, 7) is 0. The molecule has 0 aliphatic rings. The fraction of sp³-hybridized carbons (Fsp3) is 0.455. The maximum absolute atomic E-state index is 14.1. The second-order valence-electron chi connectivity index (χ2n) is 4.74. The number of benzene rings is 1. The summed E-state index contributed by atoms with van der Waals surface area (Å²) in [5.74, 6) is -39.3. The first kappa shape index (κ1) is 23.7. The topological polar surface area (TPSA) is 0 Å². The van der Waals surface area contributed by atoms with Crippen LogP contribution < -0.4 is 0 Å². The van der Waals surface area contributed by atoms with Gasteiger partial charge < -0.3 is 0 Å². The third-order valence-corrected chi connectivity index (χ3v) is 3.96. The maximum atomic E-state index is 14.1. The van der Waals surface area contributed by atoms with Gasteiger partial charge in [0.25, 0.3) is 4.58 Å². The maximum Gasteiger partial charge on any atom is 0.460 e. The zero-order chi connectivity index (χ0) is 22.0. The van der Waals surface area contributed by atoms with Crippen LogP contribution in [0, 0.1) is 29.1 Å². The van der Waals surface area contributed by atoms with E-state index in [4.69, 9.17) is 0 Å². The molecule has 156 valence electrons. The summed E-state index contributed by atoms with van der Waals surface area (Å²) in [4.78, 5) is 0. The molecule has 16 heteroatoms. The van der Waals surface area contributed by atoms with Crippen LogP contribution in [0.25, 0.3) is 0 Å². The molecule has 0 bridgehead atoms. The monoisotopic (exact) mass is 496 g/mol. The van der Waals surface area contributed by atoms with Crippen molar-refractivity contribution in [3.8, 4) is 0 Å². The fourth-order valence-corrected chi connectivity index (χ4v) is 2.21. The van der Waals surface area contributed by atoms with E-state index in [2.05, 4.69) is 0 Å². The van der Waals surface area contributed by atoms with Crippen LogP contribution in [0.4, 0.5) is 65.9 Å². The Morgan fingerprint density at radius 2 is 0.741 bits per heavy atom. The molecule has 0 heterocycles. The Hall–Kier alpha value is -1.35. The van der Waals surface area contributed by atoms with Crippen molar-refractivity contribution in [1.82, 2.24) is 0 Å². The van der Waals surface area contributed by atoms with Crippen LogP contribution in [-0.4, -0.2) is 23.9 Å². The van der Waals surface area contributed by atoms with E-state index in [0.717, 1.165) is 15.9 Å². The molecule has 1 aromatic rings. The van der Waals surface area contributed by atoms with E-state index in [0.29, 0.717) is 0 Å². The van der Waals surface area contributed by atoms with E-state index < -0.39 is 63.2 Å². The van der Waals surface area contributed by atoms with Crippen molar-refractivity contribution in [2.24, 2.45) is 0 Å². The van der Waals surface area contributed by atoms with Crippen LogP contribution in [0.5, 0.6) is 0 Å². The number of rotatable bonds is 4. The van der Waals surface area contributed by atoms with Gasteiger partial charge in [-0.2, -0.15) is 39.5 Å². The Morgan fingerprint density at radius 3 is 1.04 bits per heavy atom. The molecule has 0 fully saturated rings. The number of hydrogen-bond acceptors (Lipinski definition) is 0. The predicted molar refractivity (Wildman–Crippen MR) is 58.8 cm³/mol. The molecule has 1 atom stereocenters. The van der Waals surface area contributed by atoms with Crippen LogP contribution in [0.2, 0.25) is 0 Å². The van der Waals surface area contributed by atoms with Crippen LogP contribution >= 0.6 is 15.9 Å². The van der Waals surface area contributed by atoms with Gasteiger partial charge in [-0.3, -0.25) is 0 Å². The first-order valence-electron chi connectivity index (χ1n) is 5.77. The van der Waals surface area contributed by atoms with E-state index in [9.17, 15) is 65.9 Å². The average Bonchev–Trinajstić information content (AvgIpc) is 2.49. The molecule has 0 aromatic heterocycles. The van der Waals surface area contributed by atoms with Crippen LogP contribution in [0.3, 0.4) is 0 Å². The lowest BCUT2D eigenvalue weighted by atomic mass is 9.94. The zero-order valence-electron chi connectivity index (χ0n) is 11.5. The lowest BCUT2D eigenvalue weighted by Gasteiger charge is -2.38. The molecular weight excluding hydrogens is 497 g/mol. The van der Waals surface area contributed by atoms with Crippen LogP contribution in [-0.2, 0) is 4.58 Å². The highest BCUT2D eigenvalue weighted by Gasteiger charge is 2.86. The molecule has 1 rings (SSSR count). The molecule has 0 radical (unpaired) electrons. The van der Waals surface area contributed by atoms with Gasteiger partial charge in [0.2, 0.25) is 5.82 Å². The summed E-state index contributed by atoms with van der Waals surface area (Å²) in [7, 11) is 0. The average molecular weight is 497 g/mol. The summed E-state index contributed by atoms with van der Waals surface area (Å²) >= 11 is 0.768. The molecule has 27 heavy (non-hydrogen) atoms. The molecule has 1 unspecified atom stereocenters. The van der Waals surface area contributed by atoms with Gasteiger partial charge in [-0.25, -0.2) is 26.3 Å². The zero-order valence-corrected chi connectivity index (χ0v) is 13.1. The smallest absolute Gasteiger partial charge is 0.219 e. The van der Waals surface area contributed by atoms with E-state index in [1.165, 1.54) is 0 Å². The van der Waals surface area contributed by atoms with Gasteiger partial charge in [0.05, 0.1) is 5.56 Å². The van der Waals surface area contributed by atoms with Crippen molar-refractivity contribution in [3.05, 3.63) is 34.6 Å². The Balaban J connectivity index is 3.84. The Kier molecular flexibility index (Phi) is 5.56. The summed E-state index contributed by atoms with van der Waals surface area (Å²) in [6.07, 6.45) is -7.42. The minimum atomic E-state index is -7.75. The Morgan fingerprint density at radius 1 is 0.444 bits per heavy atom. The van der Waals surface area contributed by atoms with E-state index in [-0.39, 0.29) is 0 Å². The minimum Gasteiger partial charge on any atom is -0.219 e. The summed E-state index contributed by atoms with van der Waals surface area (Å²) in [6, 6.07) is 0.